The van der Waals surface area contributed by atoms with E-state index in [0.717, 1.165) is 6.07 Å². The van der Waals surface area contributed by atoms with Gasteiger partial charge in [-0.3, -0.25) is 14.4 Å². The van der Waals surface area contributed by atoms with Gasteiger partial charge >= 0.3 is 5.97 Å². The Kier molecular flexibility index (Phi) is 10.2. The average Bonchev–Trinajstić information content (AvgIpc) is 3.11. The van der Waals surface area contributed by atoms with Gasteiger partial charge in [0.05, 0.1) is 0 Å². The summed E-state index contributed by atoms with van der Waals surface area (Å²) in [6.07, 6.45) is 0.639. The van der Waals surface area contributed by atoms with Gasteiger partial charge in [-0.1, -0.05) is 67.5 Å². The maximum Gasteiger partial charge on any atom is 0.315 e. The number of amides is 2. The molecule has 0 aliphatic carbocycles. The molecule has 0 aromatic heterocycles. The zero-order valence-electron chi connectivity index (χ0n) is 22.9. The molecule has 2 rings (SSSR count). The second-order valence-electron chi connectivity index (χ2n) is 11.2. The van der Waals surface area contributed by atoms with Crippen molar-refractivity contribution in [2.24, 2.45) is 5.92 Å². The lowest BCUT2D eigenvalue weighted by molar-refractivity contribution is -0.142. The van der Waals surface area contributed by atoms with Crippen LogP contribution in [0.2, 0.25) is 16.6 Å². The molecule has 0 bridgehead atoms. The fourth-order valence-electron chi connectivity index (χ4n) is 5.61. The molecule has 1 aliphatic rings. The summed E-state index contributed by atoms with van der Waals surface area (Å²) in [4.78, 5) is 40.3. The molecular weight excluding hydrogens is 482 g/mol. The van der Waals surface area contributed by atoms with Crippen LogP contribution < -0.4 is 5.32 Å². The van der Waals surface area contributed by atoms with E-state index in [4.69, 9.17) is 4.43 Å². The van der Waals surface area contributed by atoms with Crippen molar-refractivity contribution in [1.82, 2.24) is 10.2 Å². The van der Waals surface area contributed by atoms with Gasteiger partial charge in [-0.15, -0.1) is 0 Å². The molecule has 0 radical (unpaired) electrons. The molecule has 0 saturated carbocycles. The van der Waals surface area contributed by atoms with E-state index in [1.54, 1.807) is 0 Å². The molecule has 1 fully saturated rings. The van der Waals surface area contributed by atoms with E-state index in [-0.39, 0.29) is 59.3 Å². The zero-order chi connectivity index (χ0) is 27.4. The number of hydrogen-bond acceptors (Lipinski definition) is 4. The third kappa shape index (κ3) is 6.52. The van der Waals surface area contributed by atoms with E-state index in [1.807, 2.05) is 13.8 Å². The highest BCUT2D eigenvalue weighted by Gasteiger charge is 2.49. The molecule has 0 spiro atoms. The molecule has 36 heavy (non-hydrogen) atoms. The van der Waals surface area contributed by atoms with Gasteiger partial charge in [0.25, 0.3) is 8.32 Å². The van der Waals surface area contributed by atoms with Crippen molar-refractivity contribution in [3.8, 4) is 0 Å². The molecule has 1 saturated heterocycles. The van der Waals surface area contributed by atoms with Crippen LogP contribution in [0.1, 0.15) is 80.2 Å². The summed E-state index contributed by atoms with van der Waals surface area (Å²) in [6.45, 7) is 16.2. The maximum atomic E-state index is 14.2. The van der Waals surface area contributed by atoms with Crippen LogP contribution in [0.15, 0.2) is 18.2 Å². The maximum absolute atomic E-state index is 14.2. The lowest BCUT2D eigenvalue weighted by atomic mass is 10.0. The summed E-state index contributed by atoms with van der Waals surface area (Å²) < 4.78 is 34.1. The van der Waals surface area contributed by atoms with Crippen molar-refractivity contribution < 1.29 is 27.6 Å². The van der Waals surface area contributed by atoms with E-state index in [0.29, 0.717) is 6.42 Å². The highest BCUT2D eigenvalue weighted by Crippen LogP contribution is 2.42. The smallest absolute Gasteiger partial charge is 0.315 e. The molecule has 202 valence electrons. The highest BCUT2D eigenvalue weighted by atomic mass is 28.4. The summed E-state index contributed by atoms with van der Waals surface area (Å²) >= 11 is 0. The Morgan fingerprint density at radius 3 is 2.17 bits per heavy atom. The predicted molar refractivity (Wildman–Crippen MR) is 138 cm³/mol. The standard InChI is InChI=1S/C27H42F2N2O4Si/c1-16(2)26(27(34)35-36(17(3)4,18(5)6)19(7)8)30-23(32)14-21-12-13-24(33)31(21)15-20-10-9-11-22(28)25(20)29/h9-11,16-19,21,26H,12-15H2,1-8H3,(H,30,32)/t21-,26-/m0/s1. The molecule has 1 N–H and O–H groups in total. The fourth-order valence-corrected chi connectivity index (χ4v) is 10.8. The van der Waals surface area contributed by atoms with Crippen LogP contribution in [0.3, 0.4) is 0 Å². The van der Waals surface area contributed by atoms with E-state index in [1.165, 1.54) is 17.0 Å². The number of carbonyl (C=O) groups is 3. The van der Waals surface area contributed by atoms with Gasteiger partial charge in [0.1, 0.15) is 6.04 Å². The van der Waals surface area contributed by atoms with Crippen LogP contribution >= 0.6 is 0 Å². The third-order valence-electron chi connectivity index (χ3n) is 7.47. The number of nitrogens with zero attached hydrogens (tertiary/aromatic N) is 1. The number of benzene rings is 1. The van der Waals surface area contributed by atoms with E-state index >= 15 is 0 Å². The van der Waals surface area contributed by atoms with Crippen LogP contribution in [0.25, 0.3) is 0 Å². The van der Waals surface area contributed by atoms with E-state index in [9.17, 15) is 23.2 Å². The van der Waals surface area contributed by atoms with E-state index in [2.05, 4.69) is 46.9 Å². The molecule has 2 atom stereocenters. The molecule has 1 aliphatic heterocycles. The lowest BCUT2D eigenvalue weighted by Gasteiger charge is -2.42. The summed E-state index contributed by atoms with van der Waals surface area (Å²) in [5.41, 5.74) is 0.709. The molecular formula is C27H42F2N2O4Si. The van der Waals surface area contributed by atoms with Gasteiger partial charge in [-0.2, -0.15) is 0 Å². The quantitative estimate of drug-likeness (QED) is 0.377. The first kappa shape index (κ1) is 29.9. The second-order valence-corrected chi connectivity index (χ2v) is 16.5. The van der Waals surface area contributed by atoms with Gasteiger partial charge in [0.15, 0.2) is 11.6 Å². The first-order valence-corrected chi connectivity index (χ1v) is 15.1. The summed E-state index contributed by atoms with van der Waals surface area (Å²) in [7, 11) is -2.48. The Labute approximate surface area is 215 Å². The lowest BCUT2D eigenvalue weighted by Crippen LogP contribution is -2.55. The fraction of sp³-hybridized carbons (Fsp3) is 0.667. The van der Waals surface area contributed by atoms with Gasteiger partial charge in [-0.25, -0.2) is 8.78 Å². The third-order valence-corrected chi connectivity index (χ3v) is 13.4. The molecule has 6 nitrogen and oxygen atoms in total. The number of rotatable bonds is 11. The summed E-state index contributed by atoms with van der Waals surface area (Å²) in [5.74, 6) is -3.16. The highest BCUT2D eigenvalue weighted by molar-refractivity contribution is 6.79. The molecule has 2 amide bonds. The van der Waals surface area contributed by atoms with Crippen LogP contribution in [-0.4, -0.2) is 43.1 Å². The van der Waals surface area contributed by atoms with Crippen molar-refractivity contribution in [2.75, 3.05) is 0 Å². The zero-order valence-corrected chi connectivity index (χ0v) is 23.9. The van der Waals surface area contributed by atoms with Crippen LogP contribution in [0.5, 0.6) is 0 Å². The van der Waals surface area contributed by atoms with Crippen molar-refractivity contribution in [3.63, 3.8) is 0 Å². The van der Waals surface area contributed by atoms with Crippen LogP contribution in [0.4, 0.5) is 8.78 Å². The van der Waals surface area contributed by atoms with Crippen LogP contribution in [-0.2, 0) is 25.4 Å². The van der Waals surface area contributed by atoms with Gasteiger partial charge < -0.3 is 14.6 Å². The molecule has 9 heteroatoms. The summed E-state index contributed by atoms with van der Waals surface area (Å²) in [6, 6.07) is 2.58. The second kappa shape index (κ2) is 12.3. The minimum Gasteiger partial charge on any atom is -0.517 e. The number of likely N-dealkylation sites (tertiary alicyclic amines) is 1. The topological polar surface area (TPSA) is 75.7 Å². The number of halogens is 2. The van der Waals surface area contributed by atoms with Crippen molar-refractivity contribution in [3.05, 3.63) is 35.4 Å². The minimum atomic E-state index is -2.48. The van der Waals surface area contributed by atoms with Gasteiger partial charge in [0, 0.05) is 31.0 Å². The Bertz CT molecular complexity index is 930. The Balaban J connectivity index is 2.14. The monoisotopic (exact) mass is 524 g/mol. The van der Waals surface area contributed by atoms with Crippen molar-refractivity contribution >= 4 is 26.1 Å². The van der Waals surface area contributed by atoms with Crippen molar-refractivity contribution in [1.29, 1.82) is 0 Å². The van der Waals surface area contributed by atoms with Gasteiger partial charge in [0.2, 0.25) is 11.8 Å². The number of nitrogens with one attached hydrogen (secondary N) is 1. The first-order chi connectivity index (χ1) is 16.7. The molecule has 1 heterocycles. The van der Waals surface area contributed by atoms with Gasteiger partial charge in [-0.05, 0) is 35.0 Å². The SMILES string of the molecule is CC(C)[C@H](NC(=O)C[C@@H]1CCC(=O)N1Cc1cccc(F)c1F)C(=O)O[Si](C(C)C)(C(C)C)C(C)C. The largest absolute Gasteiger partial charge is 0.517 e. The normalized spacial score (nSPS) is 17.4. The number of carbonyl (C=O) groups excluding carboxylic acids is 3. The Morgan fingerprint density at radius 2 is 1.64 bits per heavy atom. The average molecular weight is 525 g/mol. The van der Waals surface area contributed by atoms with Crippen LogP contribution in [0, 0.1) is 17.6 Å². The molecule has 0 unspecified atom stereocenters. The Morgan fingerprint density at radius 1 is 1.06 bits per heavy atom. The summed E-state index contributed by atoms with van der Waals surface area (Å²) in [5, 5.41) is 2.84. The first-order valence-electron chi connectivity index (χ1n) is 13.0. The number of hydrogen-bond donors (Lipinski definition) is 1. The predicted octanol–water partition coefficient (Wildman–Crippen LogP) is 5.71. The van der Waals surface area contributed by atoms with E-state index < -0.39 is 38.0 Å². The molecule has 1 aromatic rings. The minimum absolute atomic E-state index is 0.0275. The molecule has 1 aromatic carbocycles. The van der Waals surface area contributed by atoms with Crippen molar-refractivity contribution in [2.45, 2.75) is 110 Å². The Hall–Kier alpha value is -2.29.